The first-order valence-electron chi connectivity index (χ1n) is 15.3. The number of carbonyl (C=O) groups excluding carboxylic acids is 2. The van der Waals surface area contributed by atoms with Crippen LogP contribution in [-0.4, -0.2) is 38.3 Å². The number of nitrogens with one attached hydrogen (secondary N) is 2. The van der Waals surface area contributed by atoms with Crippen molar-refractivity contribution in [1.82, 2.24) is 4.98 Å². The number of halogens is 2. The predicted octanol–water partition coefficient (Wildman–Crippen LogP) is 9.47. The third-order valence-corrected chi connectivity index (χ3v) is 13.1. The van der Waals surface area contributed by atoms with Crippen LogP contribution in [0.4, 0.5) is 15.8 Å². The molecule has 2 N–H and O–H groups in total. The van der Waals surface area contributed by atoms with E-state index in [1.54, 1.807) is 36.5 Å². The maximum Gasteiger partial charge on any atom is 0.224 e. The molecule has 8 nitrogen and oxygen atoms in total. The number of hydrogen-bond donors (Lipinski definition) is 2. The summed E-state index contributed by atoms with van der Waals surface area (Å²) < 4.78 is 32.2. The van der Waals surface area contributed by atoms with Crippen LogP contribution in [0.1, 0.15) is 46.5 Å². The highest BCUT2D eigenvalue weighted by Gasteiger charge is 2.36. The van der Waals surface area contributed by atoms with Crippen molar-refractivity contribution in [3.8, 4) is 17.2 Å². The van der Waals surface area contributed by atoms with Crippen molar-refractivity contribution in [3.63, 3.8) is 0 Å². The summed E-state index contributed by atoms with van der Waals surface area (Å²) in [4.78, 5) is 29.0. The number of anilines is 2. The molecule has 11 heteroatoms. The SMILES string of the molecule is CC(C)(C)[Si](C)(C)OCCOc1cc2nccc(Oc3ccc(NC(=O)CCCCC(=O)Nc4ccc(F)cc4)cc3)c2cc1Br. The van der Waals surface area contributed by atoms with Crippen LogP contribution in [0.15, 0.2) is 77.4 Å². The molecule has 46 heavy (non-hydrogen) atoms. The van der Waals surface area contributed by atoms with Crippen LogP contribution in [0, 0.1) is 5.82 Å². The molecule has 0 atom stereocenters. The van der Waals surface area contributed by atoms with Gasteiger partial charge in [0.1, 0.15) is 29.7 Å². The second-order valence-electron chi connectivity index (χ2n) is 12.5. The van der Waals surface area contributed by atoms with Crippen molar-refractivity contribution in [2.45, 2.75) is 64.6 Å². The van der Waals surface area contributed by atoms with E-state index < -0.39 is 8.32 Å². The third kappa shape index (κ3) is 10.1. The summed E-state index contributed by atoms with van der Waals surface area (Å²) in [7, 11) is -1.84. The van der Waals surface area contributed by atoms with E-state index in [0.717, 1.165) is 15.4 Å². The van der Waals surface area contributed by atoms with Crippen LogP contribution in [0.3, 0.4) is 0 Å². The van der Waals surface area contributed by atoms with Crippen LogP contribution in [0.25, 0.3) is 10.9 Å². The molecular formula is C35H41BrFN3O5Si. The van der Waals surface area contributed by atoms with E-state index >= 15 is 0 Å². The molecule has 0 radical (unpaired) electrons. The molecule has 0 saturated carbocycles. The maximum absolute atomic E-state index is 13.0. The Kier molecular flexibility index (Phi) is 11.9. The van der Waals surface area contributed by atoms with Gasteiger partial charge < -0.3 is 24.5 Å². The Balaban J connectivity index is 1.25. The number of fused-ring (bicyclic) bond motifs is 1. The first kappa shape index (κ1) is 35.1. The van der Waals surface area contributed by atoms with Crippen molar-refractivity contribution < 1.29 is 27.9 Å². The average Bonchev–Trinajstić information content (AvgIpc) is 2.99. The zero-order chi connectivity index (χ0) is 33.3. The zero-order valence-electron chi connectivity index (χ0n) is 26.9. The fourth-order valence-corrected chi connectivity index (χ4v) is 5.76. The lowest BCUT2D eigenvalue weighted by molar-refractivity contribution is -0.118. The van der Waals surface area contributed by atoms with E-state index in [4.69, 9.17) is 13.9 Å². The Morgan fingerprint density at radius 3 is 2.02 bits per heavy atom. The van der Waals surface area contributed by atoms with E-state index in [0.29, 0.717) is 54.7 Å². The van der Waals surface area contributed by atoms with E-state index in [2.05, 4.69) is 65.4 Å². The summed E-state index contributed by atoms with van der Waals surface area (Å²) in [6, 6.07) is 18.4. The monoisotopic (exact) mass is 709 g/mol. The van der Waals surface area contributed by atoms with E-state index in [1.807, 2.05) is 12.1 Å². The minimum absolute atomic E-state index is 0.137. The normalized spacial score (nSPS) is 11.7. The number of nitrogens with zero attached hydrogens (tertiary/aromatic N) is 1. The van der Waals surface area contributed by atoms with Crippen LogP contribution in [0.5, 0.6) is 17.2 Å². The molecule has 4 rings (SSSR count). The summed E-state index contributed by atoms with van der Waals surface area (Å²) >= 11 is 3.63. The quantitative estimate of drug-likeness (QED) is 0.1000. The number of hydrogen-bond acceptors (Lipinski definition) is 6. The lowest BCUT2D eigenvalue weighted by Crippen LogP contribution is -2.41. The van der Waals surface area contributed by atoms with E-state index in [-0.39, 0.29) is 35.5 Å². The Hall–Kier alpha value is -3.80. The highest BCUT2D eigenvalue weighted by atomic mass is 79.9. The maximum atomic E-state index is 13.0. The summed E-state index contributed by atoms with van der Waals surface area (Å²) in [6.45, 7) is 12.0. The number of unbranched alkanes of at least 4 members (excludes halogenated alkanes) is 1. The van der Waals surface area contributed by atoms with Crippen LogP contribution in [0.2, 0.25) is 18.1 Å². The highest BCUT2D eigenvalue weighted by Crippen LogP contribution is 2.37. The summed E-state index contributed by atoms with van der Waals surface area (Å²) in [5, 5.41) is 6.56. The van der Waals surface area contributed by atoms with Crippen molar-refractivity contribution in [3.05, 3.63) is 83.2 Å². The molecule has 3 aromatic carbocycles. The largest absolute Gasteiger partial charge is 0.490 e. The standard InChI is InChI=1S/C35H41BrFN3O5Si/c1-35(2,3)46(4,5)44-21-20-43-32-23-30-28(22-29(32)36)31(18-19-38-30)45-27-16-14-26(15-17-27)40-34(42)9-7-6-8-33(41)39-25-12-10-24(37)11-13-25/h10-19,22-23H,6-9,20-21H2,1-5H3,(H,39,41)(H,40,42). The lowest BCUT2D eigenvalue weighted by atomic mass is 10.1. The molecule has 0 spiro atoms. The topological polar surface area (TPSA) is 98.8 Å². The van der Waals surface area contributed by atoms with Crippen molar-refractivity contribution in [2.24, 2.45) is 0 Å². The van der Waals surface area contributed by atoms with Crippen molar-refractivity contribution >= 4 is 58.3 Å². The lowest BCUT2D eigenvalue weighted by Gasteiger charge is -2.36. The second kappa shape index (κ2) is 15.7. The molecule has 4 aromatic rings. The van der Waals surface area contributed by atoms with Crippen molar-refractivity contribution in [2.75, 3.05) is 23.8 Å². The molecular weight excluding hydrogens is 669 g/mol. The average molecular weight is 711 g/mol. The first-order chi connectivity index (χ1) is 21.8. The molecule has 0 aliphatic carbocycles. The fraction of sp³-hybridized carbons (Fsp3) is 0.343. The van der Waals surface area contributed by atoms with Gasteiger partial charge in [-0.25, -0.2) is 4.39 Å². The number of rotatable bonds is 14. The summed E-state index contributed by atoms with van der Waals surface area (Å²) in [5.74, 6) is 1.26. The molecule has 0 saturated heterocycles. The molecule has 1 aromatic heterocycles. The highest BCUT2D eigenvalue weighted by molar-refractivity contribution is 9.10. The molecule has 244 valence electrons. The number of aromatic nitrogens is 1. The van der Waals surface area contributed by atoms with Gasteiger partial charge in [-0.1, -0.05) is 20.8 Å². The summed E-state index contributed by atoms with van der Waals surface area (Å²) in [5.41, 5.74) is 1.92. The molecule has 0 aliphatic heterocycles. The van der Waals surface area contributed by atoms with Crippen LogP contribution < -0.4 is 20.1 Å². The Morgan fingerprint density at radius 2 is 1.43 bits per heavy atom. The van der Waals surface area contributed by atoms with Crippen LogP contribution >= 0.6 is 15.9 Å². The van der Waals surface area contributed by atoms with Gasteiger partial charge in [-0.05, 0) is 108 Å². The fourth-order valence-electron chi connectivity index (χ4n) is 4.27. The minimum atomic E-state index is -1.84. The third-order valence-electron chi connectivity index (χ3n) is 7.92. The van der Waals surface area contributed by atoms with E-state index in [9.17, 15) is 14.0 Å². The molecule has 0 aliphatic rings. The number of carbonyl (C=O) groups is 2. The van der Waals surface area contributed by atoms with Crippen molar-refractivity contribution in [1.29, 1.82) is 0 Å². The minimum Gasteiger partial charge on any atom is -0.490 e. The number of amides is 2. The molecule has 0 unspecified atom stereocenters. The van der Waals surface area contributed by atoms with Crippen LogP contribution in [-0.2, 0) is 14.0 Å². The number of ether oxygens (including phenoxy) is 2. The smallest absolute Gasteiger partial charge is 0.224 e. The van der Waals surface area contributed by atoms with Gasteiger partial charge in [-0.15, -0.1) is 0 Å². The van der Waals surface area contributed by atoms with E-state index in [1.165, 1.54) is 24.3 Å². The number of pyridine rings is 1. The van der Waals surface area contributed by atoms with Gasteiger partial charge in [0.2, 0.25) is 11.8 Å². The van der Waals surface area contributed by atoms with Gasteiger partial charge in [-0.2, -0.15) is 0 Å². The second-order valence-corrected chi connectivity index (χ2v) is 18.2. The van der Waals surface area contributed by atoms with Gasteiger partial charge in [0, 0.05) is 41.9 Å². The Labute approximate surface area is 279 Å². The summed E-state index contributed by atoms with van der Waals surface area (Å²) in [6.07, 6.45) is 3.37. The Morgan fingerprint density at radius 1 is 0.848 bits per heavy atom. The number of benzene rings is 3. The molecule has 1 heterocycles. The van der Waals surface area contributed by atoms with Gasteiger partial charge >= 0.3 is 0 Å². The van der Waals surface area contributed by atoms with Gasteiger partial charge in [0.05, 0.1) is 16.6 Å². The van der Waals surface area contributed by atoms with Gasteiger partial charge in [0.15, 0.2) is 8.32 Å². The molecule has 0 fully saturated rings. The zero-order valence-corrected chi connectivity index (χ0v) is 29.5. The first-order valence-corrected chi connectivity index (χ1v) is 19.0. The molecule has 0 bridgehead atoms. The predicted molar refractivity (Wildman–Crippen MR) is 187 cm³/mol. The van der Waals surface area contributed by atoms with Gasteiger partial charge in [0.25, 0.3) is 0 Å². The molecule has 2 amide bonds. The Bertz CT molecular complexity index is 1640. The van der Waals surface area contributed by atoms with Gasteiger partial charge in [-0.3, -0.25) is 14.6 Å².